The summed E-state index contributed by atoms with van der Waals surface area (Å²) >= 11 is 1.000. The second-order valence-electron chi connectivity index (χ2n) is 3.76. The molecule has 0 amide bonds. The molecule has 0 spiro atoms. The number of nitrogens with one attached hydrogen (secondary N) is 1. The van der Waals surface area contributed by atoms with E-state index >= 15 is 0 Å². The zero-order chi connectivity index (χ0) is 14.9. The number of aliphatic hydroxyl groups excluding tert-OH is 1. The number of halogens is 3. The van der Waals surface area contributed by atoms with Crippen LogP contribution >= 0.6 is 11.3 Å². The zero-order valence-electron chi connectivity index (χ0n) is 9.73. The van der Waals surface area contributed by atoms with Crippen molar-refractivity contribution in [3.8, 4) is 0 Å². The van der Waals surface area contributed by atoms with E-state index in [0.29, 0.717) is 10.9 Å². The zero-order valence-corrected chi connectivity index (χ0v) is 11.4. The quantitative estimate of drug-likeness (QED) is 0.850. The SMILES string of the molecule is O=S(=O)(Nc1cc(F)c(F)cc1F)c1csc(CO)c1. The number of hydrogen-bond donors (Lipinski definition) is 2. The van der Waals surface area contributed by atoms with Gasteiger partial charge >= 0.3 is 0 Å². The van der Waals surface area contributed by atoms with E-state index in [4.69, 9.17) is 5.11 Å². The summed E-state index contributed by atoms with van der Waals surface area (Å²) in [5.74, 6) is -4.01. The maximum Gasteiger partial charge on any atom is 0.262 e. The fourth-order valence-corrected chi connectivity index (χ4v) is 3.58. The van der Waals surface area contributed by atoms with Gasteiger partial charge in [0.15, 0.2) is 11.6 Å². The minimum Gasteiger partial charge on any atom is -0.391 e. The summed E-state index contributed by atoms with van der Waals surface area (Å²) in [5.41, 5.74) is -0.694. The van der Waals surface area contributed by atoms with E-state index in [9.17, 15) is 21.6 Å². The first kappa shape index (κ1) is 14.8. The van der Waals surface area contributed by atoms with Gasteiger partial charge in [-0.05, 0) is 6.07 Å². The Kier molecular flexibility index (Phi) is 4.02. The van der Waals surface area contributed by atoms with Crippen LogP contribution in [0.1, 0.15) is 4.88 Å². The molecule has 20 heavy (non-hydrogen) atoms. The smallest absolute Gasteiger partial charge is 0.262 e. The molecule has 0 fully saturated rings. The molecule has 2 N–H and O–H groups in total. The van der Waals surface area contributed by atoms with Crippen LogP contribution in [0, 0.1) is 17.5 Å². The molecule has 0 bridgehead atoms. The van der Waals surface area contributed by atoms with Crippen LogP contribution in [0.4, 0.5) is 18.9 Å². The van der Waals surface area contributed by atoms with E-state index < -0.39 is 33.2 Å². The Hall–Kier alpha value is -1.58. The lowest BCUT2D eigenvalue weighted by molar-refractivity contribution is 0.285. The van der Waals surface area contributed by atoms with E-state index in [-0.39, 0.29) is 17.6 Å². The molecule has 1 heterocycles. The summed E-state index contributed by atoms with van der Waals surface area (Å²) in [6.07, 6.45) is 0. The number of aliphatic hydroxyl groups is 1. The third-order valence-electron chi connectivity index (χ3n) is 2.35. The van der Waals surface area contributed by atoms with E-state index in [0.717, 1.165) is 11.3 Å². The standard InChI is InChI=1S/C11H8F3NO3S2/c12-8-2-10(14)11(3-9(8)13)15-20(17,18)7-1-6(4-16)19-5-7/h1-3,5,15-16H,4H2. The maximum atomic E-state index is 13.4. The number of sulfonamides is 1. The third kappa shape index (κ3) is 2.94. The molecular formula is C11H8F3NO3S2. The van der Waals surface area contributed by atoms with Crippen molar-refractivity contribution in [2.75, 3.05) is 4.72 Å². The van der Waals surface area contributed by atoms with E-state index in [1.54, 1.807) is 0 Å². The third-order valence-corrected chi connectivity index (χ3v) is 4.77. The highest BCUT2D eigenvalue weighted by Gasteiger charge is 2.19. The summed E-state index contributed by atoms with van der Waals surface area (Å²) in [7, 11) is -4.13. The molecule has 0 saturated carbocycles. The van der Waals surface area contributed by atoms with Crippen LogP contribution in [-0.4, -0.2) is 13.5 Å². The lowest BCUT2D eigenvalue weighted by Gasteiger charge is -2.08. The van der Waals surface area contributed by atoms with E-state index in [2.05, 4.69) is 0 Å². The van der Waals surface area contributed by atoms with Gasteiger partial charge in [0.2, 0.25) is 0 Å². The van der Waals surface area contributed by atoms with Crippen LogP contribution in [-0.2, 0) is 16.6 Å². The Morgan fingerprint density at radius 2 is 1.75 bits per heavy atom. The van der Waals surface area contributed by atoms with Crippen LogP contribution in [0.15, 0.2) is 28.5 Å². The lowest BCUT2D eigenvalue weighted by Crippen LogP contribution is -2.13. The molecule has 0 radical (unpaired) electrons. The van der Waals surface area contributed by atoms with Gasteiger partial charge in [0.05, 0.1) is 17.2 Å². The Labute approximate surface area is 116 Å². The number of anilines is 1. The summed E-state index contributed by atoms with van der Waals surface area (Å²) < 4.78 is 64.8. The molecule has 0 aliphatic carbocycles. The van der Waals surface area contributed by atoms with Gasteiger partial charge in [0, 0.05) is 22.4 Å². The molecule has 9 heteroatoms. The Morgan fingerprint density at radius 3 is 2.35 bits per heavy atom. The number of hydrogen-bond acceptors (Lipinski definition) is 4. The van der Waals surface area contributed by atoms with Crippen LogP contribution in [0.5, 0.6) is 0 Å². The van der Waals surface area contributed by atoms with Crippen molar-refractivity contribution in [3.63, 3.8) is 0 Å². The predicted molar refractivity (Wildman–Crippen MR) is 67.4 cm³/mol. The minimum absolute atomic E-state index is 0.198. The molecule has 2 aromatic rings. The second-order valence-corrected chi connectivity index (χ2v) is 6.44. The Balaban J connectivity index is 2.35. The Bertz CT molecular complexity index is 743. The normalized spacial score (nSPS) is 11.6. The molecule has 0 aliphatic rings. The summed E-state index contributed by atoms with van der Waals surface area (Å²) in [5, 5.41) is 10.1. The molecule has 0 atom stereocenters. The molecule has 0 saturated heterocycles. The molecule has 1 aromatic heterocycles. The number of rotatable bonds is 4. The second kappa shape index (κ2) is 5.43. The molecule has 2 rings (SSSR count). The topological polar surface area (TPSA) is 66.4 Å². The first-order valence-corrected chi connectivity index (χ1v) is 7.55. The fraction of sp³-hybridized carbons (Fsp3) is 0.0909. The molecule has 4 nitrogen and oxygen atoms in total. The van der Waals surface area contributed by atoms with Crippen LogP contribution in [0.25, 0.3) is 0 Å². The van der Waals surface area contributed by atoms with E-state index in [1.807, 2.05) is 4.72 Å². The van der Waals surface area contributed by atoms with Gasteiger partial charge < -0.3 is 5.11 Å². The van der Waals surface area contributed by atoms with Gasteiger partial charge in [-0.15, -0.1) is 11.3 Å². The molecule has 0 aliphatic heterocycles. The molecular weight excluding hydrogens is 315 g/mol. The lowest BCUT2D eigenvalue weighted by atomic mass is 10.3. The van der Waals surface area contributed by atoms with Crippen molar-refractivity contribution in [2.24, 2.45) is 0 Å². The molecule has 1 aromatic carbocycles. The van der Waals surface area contributed by atoms with Crippen LogP contribution in [0.3, 0.4) is 0 Å². The molecule has 0 unspecified atom stereocenters. The average molecular weight is 323 g/mol. The van der Waals surface area contributed by atoms with Crippen LogP contribution < -0.4 is 4.72 Å². The van der Waals surface area contributed by atoms with Gasteiger partial charge in [-0.3, -0.25) is 4.72 Å². The number of thiophene rings is 1. The molecule has 108 valence electrons. The van der Waals surface area contributed by atoms with E-state index in [1.165, 1.54) is 11.4 Å². The maximum absolute atomic E-state index is 13.4. The van der Waals surface area contributed by atoms with Gasteiger partial charge in [0.25, 0.3) is 10.0 Å². The number of benzene rings is 1. The summed E-state index contributed by atoms with van der Waals surface area (Å²) in [6, 6.07) is 1.87. The highest BCUT2D eigenvalue weighted by molar-refractivity contribution is 7.92. The van der Waals surface area contributed by atoms with Gasteiger partial charge in [-0.1, -0.05) is 0 Å². The van der Waals surface area contributed by atoms with Crippen molar-refractivity contribution in [1.82, 2.24) is 0 Å². The predicted octanol–water partition coefficient (Wildman–Crippen LogP) is 2.46. The van der Waals surface area contributed by atoms with Crippen molar-refractivity contribution < 1.29 is 26.7 Å². The highest BCUT2D eigenvalue weighted by Crippen LogP contribution is 2.24. The highest BCUT2D eigenvalue weighted by atomic mass is 32.2. The average Bonchev–Trinajstić information content (AvgIpc) is 2.85. The first-order chi connectivity index (χ1) is 9.33. The summed E-state index contributed by atoms with van der Waals surface area (Å²) in [6.45, 7) is -0.334. The monoisotopic (exact) mass is 323 g/mol. The van der Waals surface area contributed by atoms with Crippen molar-refractivity contribution >= 4 is 27.0 Å². The fourth-order valence-electron chi connectivity index (χ4n) is 1.39. The first-order valence-electron chi connectivity index (χ1n) is 5.19. The van der Waals surface area contributed by atoms with Gasteiger partial charge in [-0.2, -0.15) is 0 Å². The largest absolute Gasteiger partial charge is 0.391 e. The Morgan fingerprint density at radius 1 is 1.10 bits per heavy atom. The van der Waals surface area contributed by atoms with Crippen molar-refractivity contribution in [3.05, 3.63) is 45.9 Å². The van der Waals surface area contributed by atoms with Crippen molar-refractivity contribution in [2.45, 2.75) is 11.5 Å². The van der Waals surface area contributed by atoms with Crippen molar-refractivity contribution in [1.29, 1.82) is 0 Å². The van der Waals surface area contributed by atoms with Gasteiger partial charge in [0.1, 0.15) is 5.82 Å². The minimum atomic E-state index is -4.13. The van der Waals surface area contributed by atoms with Gasteiger partial charge in [-0.25, -0.2) is 21.6 Å². The summed E-state index contributed by atoms with van der Waals surface area (Å²) in [4.78, 5) is 0.201. The van der Waals surface area contributed by atoms with Crippen LogP contribution in [0.2, 0.25) is 0 Å².